The molecule has 4 N–H and O–H groups in total. The zero-order valence-corrected chi connectivity index (χ0v) is 22.3. The first-order valence-corrected chi connectivity index (χ1v) is 13.0. The van der Waals surface area contributed by atoms with Gasteiger partial charge in [0.25, 0.3) is 0 Å². The largest absolute Gasteiger partial charge is 1.00 e. The minimum atomic E-state index is -1.15. The summed E-state index contributed by atoms with van der Waals surface area (Å²) in [6, 6.07) is -0.725. The van der Waals surface area contributed by atoms with E-state index < -0.39 is 24.0 Å². The Balaban J connectivity index is 0.00000361. The molecule has 11 nitrogen and oxygen atoms in total. The molecule has 0 aromatic carbocycles. The number of nitrogens with zero attached hydrogens (tertiary/aromatic N) is 3. The Labute approximate surface area is 220 Å². The lowest BCUT2D eigenvalue weighted by Crippen LogP contribution is -3.00. The van der Waals surface area contributed by atoms with Crippen LogP contribution in [0.2, 0.25) is 0 Å². The minimum Gasteiger partial charge on any atom is -1.00 e. The average Bonchev–Trinajstić information content (AvgIpc) is 3.25. The van der Waals surface area contributed by atoms with E-state index in [9.17, 15) is 34.5 Å². The highest BCUT2D eigenvalue weighted by Gasteiger charge is 2.60. The molecular weight excluding hydrogens is 512 g/mol. The number of carboxylic acid groups (broad SMARTS) is 2. The maximum atomic E-state index is 13.2. The van der Waals surface area contributed by atoms with Gasteiger partial charge in [0.1, 0.15) is 5.70 Å². The summed E-state index contributed by atoms with van der Waals surface area (Å²) < 4.78 is 0.406. The lowest BCUT2D eigenvalue weighted by Gasteiger charge is -2.46. The molecule has 202 valence electrons. The Morgan fingerprint density at radius 1 is 1.22 bits per heavy atom. The van der Waals surface area contributed by atoms with Crippen molar-refractivity contribution in [2.75, 3.05) is 46.3 Å². The summed E-state index contributed by atoms with van der Waals surface area (Å²) >= 11 is 1.42. The van der Waals surface area contributed by atoms with E-state index in [1.807, 2.05) is 18.9 Å². The van der Waals surface area contributed by atoms with Crippen LogP contribution in [0.4, 0.5) is 0 Å². The number of hydrogen-bond donors (Lipinski definition) is 4. The third-order valence-corrected chi connectivity index (χ3v) is 9.37. The van der Waals surface area contributed by atoms with Gasteiger partial charge in [0, 0.05) is 35.6 Å². The van der Waals surface area contributed by atoms with E-state index in [4.69, 9.17) is 0 Å². The predicted molar refractivity (Wildman–Crippen MR) is 127 cm³/mol. The van der Waals surface area contributed by atoms with Crippen LogP contribution in [0.3, 0.4) is 0 Å². The number of hydrogen-bond acceptors (Lipinski definition) is 7. The van der Waals surface area contributed by atoms with Gasteiger partial charge in [-0.05, 0) is 13.3 Å². The van der Waals surface area contributed by atoms with Crippen molar-refractivity contribution in [3.05, 3.63) is 10.6 Å². The summed E-state index contributed by atoms with van der Waals surface area (Å²) in [6.07, 6.45) is 0.441. The molecule has 36 heavy (non-hydrogen) atoms. The smallest absolute Gasteiger partial charge is 0.359 e. The molecule has 4 aliphatic rings. The topological polar surface area (TPSA) is 147 Å². The van der Waals surface area contributed by atoms with Crippen LogP contribution < -0.4 is 17.7 Å². The average molecular weight is 547 g/mol. The number of thioether (sulfide) groups is 1. The van der Waals surface area contributed by atoms with Crippen molar-refractivity contribution in [1.29, 1.82) is 0 Å². The minimum absolute atomic E-state index is 0. The Hall–Kier alpha value is -1.86. The molecule has 4 rings (SSSR count). The number of carbonyl (C=O) groups excluding carboxylic acids is 2. The van der Waals surface area contributed by atoms with Crippen molar-refractivity contribution in [2.24, 2.45) is 11.8 Å². The summed E-state index contributed by atoms with van der Waals surface area (Å²) in [5, 5.41) is 32.3. The van der Waals surface area contributed by atoms with Gasteiger partial charge in [0.2, 0.25) is 11.8 Å². The van der Waals surface area contributed by atoms with Gasteiger partial charge in [0.15, 0.2) is 6.54 Å². The normalized spacial score (nSPS) is 35.0. The fourth-order valence-corrected chi connectivity index (χ4v) is 7.47. The molecule has 0 aromatic rings. The molecule has 0 radical (unpaired) electrons. The van der Waals surface area contributed by atoms with Crippen LogP contribution in [-0.4, -0.2) is 123 Å². The SMILES string of the molecule is C[C@@H](O)[C@H]1C(=O)N2C(C(=O)O)=C(S[C@@H]3CN[C@H](C(=O)N4CCC[N@+](C)(CC(=O)O)CC4)C3)[C@H](C)[C@H]12.[Cl-]. The molecule has 0 aliphatic carbocycles. The molecule has 4 heterocycles. The van der Waals surface area contributed by atoms with Gasteiger partial charge in [-0.3, -0.25) is 9.59 Å². The van der Waals surface area contributed by atoms with Gasteiger partial charge in [-0.2, -0.15) is 0 Å². The molecule has 13 heteroatoms. The number of aliphatic hydroxyl groups excluding tert-OH is 1. The van der Waals surface area contributed by atoms with Gasteiger partial charge in [-0.25, -0.2) is 9.59 Å². The van der Waals surface area contributed by atoms with Crippen LogP contribution in [-0.2, 0) is 19.2 Å². The highest BCUT2D eigenvalue weighted by molar-refractivity contribution is 8.03. The van der Waals surface area contributed by atoms with Gasteiger partial charge in [-0.1, -0.05) is 6.92 Å². The molecule has 0 saturated carbocycles. The fourth-order valence-electron chi connectivity index (χ4n) is 5.99. The number of amides is 2. The molecule has 0 unspecified atom stereocenters. The second-order valence-electron chi connectivity index (χ2n) is 10.5. The van der Waals surface area contributed by atoms with Crippen molar-refractivity contribution >= 4 is 35.5 Å². The first-order chi connectivity index (χ1) is 16.4. The molecule has 2 amide bonds. The van der Waals surface area contributed by atoms with E-state index in [1.165, 1.54) is 16.7 Å². The zero-order chi connectivity index (χ0) is 25.7. The van der Waals surface area contributed by atoms with E-state index in [0.717, 1.165) is 6.42 Å². The van der Waals surface area contributed by atoms with Crippen LogP contribution >= 0.6 is 11.8 Å². The van der Waals surface area contributed by atoms with Gasteiger partial charge in [0.05, 0.1) is 50.8 Å². The number of carboxylic acids is 2. The maximum Gasteiger partial charge on any atom is 0.359 e. The molecular formula is C23H35ClN4O7S. The number of β-lactam (4-membered cyclic amide) rings is 1. The molecule has 3 saturated heterocycles. The zero-order valence-electron chi connectivity index (χ0n) is 20.7. The molecule has 3 fully saturated rings. The summed E-state index contributed by atoms with van der Waals surface area (Å²) in [5.41, 5.74) is 0.00665. The number of nitrogens with one attached hydrogen (secondary N) is 1. The number of fused-ring (bicyclic) bond motifs is 1. The summed E-state index contributed by atoms with van der Waals surface area (Å²) in [4.78, 5) is 52.8. The Kier molecular flexibility index (Phi) is 8.66. The number of rotatable bonds is 7. The van der Waals surface area contributed by atoms with Crippen LogP contribution in [0.25, 0.3) is 0 Å². The quantitative estimate of drug-likeness (QED) is 0.187. The van der Waals surface area contributed by atoms with Crippen LogP contribution in [0.1, 0.15) is 26.7 Å². The fraction of sp³-hybridized carbons (Fsp3) is 0.739. The van der Waals surface area contributed by atoms with Crippen molar-refractivity contribution in [3.63, 3.8) is 0 Å². The lowest BCUT2D eigenvalue weighted by atomic mass is 9.79. The Morgan fingerprint density at radius 2 is 1.92 bits per heavy atom. The molecule has 7 atom stereocenters. The van der Waals surface area contributed by atoms with Crippen molar-refractivity contribution < 1.29 is 51.4 Å². The van der Waals surface area contributed by atoms with E-state index >= 15 is 0 Å². The molecule has 4 aliphatic heterocycles. The third kappa shape index (κ3) is 5.24. The Morgan fingerprint density at radius 3 is 2.53 bits per heavy atom. The summed E-state index contributed by atoms with van der Waals surface area (Å²) in [5.74, 6) is -3.14. The number of quaternary nitrogens is 1. The van der Waals surface area contributed by atoms with Gasteiger partial charge >= 0.3 is 11.9 Å². The monoisotopic (exact) mass is 546 g/mol. The number of likely N-dealkylation sites (N-methyl/N-ethyl adjacent to an activating group) is 1. The van der Waals surface area contributed by atoms with Crippen LogP contribution in [0, 0.1) is 11.8 Å². The lowest BCUT2D eigenvalue weighted by molar-refractivity contribution is -0.900. The number of aliphatic carboxylic acids is 2. The second kappa shape index (κ2) is 10.9. The van der Waals surface area contributed by atoms with Gasteiger partial charge in [-0.15, -0.1) is 11.8 Å². The maximum absolute atomic E-state index is 13.2. The number of halogens is 1. The van der Waals surface area contributed by atoms with Gasteiger partial charge < -0.3 is 47.3 Å². The van der Waals surface area contributed by atoms with Crippen molar-refractivity contribution in [2.45, 2.75) is 50.1 Å². The first-order valence-electron chi connectivity index (χ1n) is 12.2. The summed E-state index contributed by atoms with van der Waals surface area (Å²) in [7, 11) is 1.91. The highest BCUT2D eigenvalue weighted by Crippen LogP contribution is 2.51. The second-order valence-corrected chi connectivity index (χ2v) is 11.8. The molecule has 0 aromatic heterocycles. The number of carbonyl (C=O) groups is 4. The highest BCUT2D eigenvalue weighted by atomic mass is 35.5. The molecule has 0 bridgehead atoms. The Bertz CT molecular complexity index is 963. The summed E-state index contributed by atoms with van der Waals surface area (Å²) in [6.45, 7) is 6.43. The van der Waals surface area contributed by atoms with E-state index in [-0.39, 0.29) is 59.7 Å². The van der Waals surface area contributed by atoms with Crippen molar-refractivity contribution in [3.8, 4) is 0 Å². The third-order valence-electron chi connectivity index (χ3n) is 7.86. The van der Waals surface area contributed by atoms with Crippen LogP contribution in [0.5, 0.6) is 0 Å². The van der Waals surface area contributed by atoms with E-state index in [2.05, 4.69) is 5.32 Å². The van der Waals surface area contributed by atoms with E-state index in [1.54, 1.807) is 6.92 Å². The van der Waals surface area contributed by atoms with Crippen LogP contribution in [0.15, 0.2) is 10.6 Å². The van der Waals surface area contributed by atoms with Crippen molar-refractivity contribution in [1.82, 2.24) is 15.1 Å². The van der Waals surface area contributed by atoms with E-state index in [0.29, 0.717) is 48.5 Å². The molecule has 0 spiro atoms. The predicted octanol–water partition coefficient (Wildman–Crippen LogP) is -3.63. The number of aliphatic hydroxyl groups is 1. The standard InChI is InChI=1S/C23H34N4O7S.ClH/c1-12-18-17(13(2)28)22(32)26(18)19(23(33)34)20(12)35-14-9-15(24-10-14)21(31)25-5-4-7-27(3,8-6-25)11-16(29)30;/h12-15,17-18,24,28H,4-11H2,1-3H3,(H-,29,30,33,34);1H/t12-,13-,14+,15+,17-,18-,27+;/m1./s1. The first kappa shape index (κ1) is 28.7.